The molecule has 0 fully saturated rings. The highest BCUT2D eigenvalue weighted by molar-refractivity contribution is 6.37. The second-order valence-corrected chi connectivity index (χ2v) is 5.91. The van der Waals surface area contributed by atoms with Crippen molar-refractivity contribution in [3.63, 3.8) is 0 Å². The maximum absolute atomic E-state index is 12.3. The van der Waals surface area contributed by atoms with E-state index in [4.69, 9.17) is 34.8 Å². The topological polar surface area (TPSA) is 54.9 Å². The molecule has 0 radical (unpaired) electrons. The molecule has 0 aliphatic carbocycles. The van der Waals surface area contributed by atoms with E-state index in [0.29, 0.717) is 21.6 Å². The van der Waals surface area contributed by atoms with E-state index in [-0.39, 0.29) is 16.6 Å². The van der Waals surface area contributed by atoms with Crippen molar-refractivity contribution in [2.24, 2.45) is 0 Å². The minimum atomic E-state index is -0.450. The van der Waals surface area contributed by atoms with E-state index in [9.17, 15) is 4.79 Å². The molecule has 0 unspecified atom stereocenters. The lowest BCUT2D eigenvalue weighted by molar-refractivity contribution is 0.102. The van der Waals surface area contributed by atoms with E-state index in [0.717, 1.165) is 0 Å². The Balaban J connectivity index is 2.30. The van der Waals surface area contributed by atoms with E-state index < -0.39 is 5.91 Å². The molecular weight excluding hydrogens is 333 g/mol. The summed E-state index contributed by atoms with van der Waals surface area (Å²) in [4.78, 5) is 20.6. The molecule has 7 heteroatoms. The number of rotatable bonds is 3. The zero-order valence-corrected chi connectivity index (χ0v) is 13.6. The van der Waals surface area contributed by atoms with Crippen molar-refractivity contribution in [1.82, 2.24) is 9.97 Å². The molecule has 21 heavy (non-hydrogen) atoms. The van der Waals surface area contributed by atoms with Crippen molar-refractivity contribution < 1.29 is 4.79 Å². The minimum Gasteiger partial charge on any atom is -0.319 e. The van der Waals surface area contributed by atoms with Crippen LogP contribution >= 0.6 is 34.8 Å². The van der Waals surface area contributed by atoms with Crippen LogP contribution in [-0.4, -0.2) is 15.9 Å². The summed E-state index contributed by atoms with van der Waals surface area (Å²) in [7, 11) is 0. The maximum Gasteiger partial charge on any atom is 0.275 e. The fourth-order valence-electron chi connectivity index (χ4n) is 1.59. The molecule has 4 nitrogen and oxygen atoms in total. The lowest BCUT2D eigenvalue weighted by Crippen LogP contribution is -2.16. The molecule has 0 atom stereocenters. The Bertz CT molecular complexity index is 689. The number of nitrogens with zero attached hydrogens (tertiary/aromatic N) is 2. The Morgan fingerprint density at radius 3 is 2.52 bits per heavy atom. The Morgan fingerprint density at radius 1 is 1.19 bits per heavy atom. The van der Waals surface area contributed by atoms with Crippen LogP contribution in [0.2, 0.25) is 15.1 Å². The molecule has 1 aromatic carbocycles. The van der Waals surface area contributed by atoms with Crippen LogP contribution in [-0.2, 0) is 0 Å². The van der Waals surface area contributed by atoms with Gasteiger partial charge in [0, 0.05) is 10.9 Å². The third-order valence-electron chi connectivity index (χ3n) is 2.67. The minimum absolute atomic E-state index is 0.0907. The number of carbonyl (C=O) groups is 1. The van der Waals surface area contributed by atoms with Crippen LogP contribution in [0.15, 0.2) is 24.4 Å². The van der Waals surface area contributed by atoms with Gasteiger partial charge in [-0.25, -0.2) is 9.97 Å². The van der Waals surface area contributed by atoms with Gasteiger partial charge >= 0.3 is 0 Å². The number of aromatic nitrogens is 2. The first kappa shape index (κ1) is 16.0. The Hall–Kier alpha value is -1.36. The normalized spacial score (nSPS) is 10.8. The third kappa shape index (κ3) is 3.84. The zero-order valence-electron chi connectivity index (χ0n) is 11.3. The largest absolute Gasteiger partial charge is 0.319 e. The van der Waals surface area contributed by atoms with Crippen molar-refractivity contribution in [1.29, 1.82) is 0 Å². The first-order chi connectivity index (χ1) is 9.88. The van der Waals surface area contributed by atoms with Crippen molar-refractivity contribution in [2.45, 2.75) is 19.8 Å². The van der Waals surface area contributed by atoms with Gasteiger partial charge in [-0.15, -0.1) is 0 Å². The molecule has 1 amide bonds. The van der Waals surface area contributed by atoms with Gasteiger partial charge in [-0.2, -0.15) is 0 Å². The van der Waals surface area contributed by atoms with E-state index in [1.54, 1.807) is 18.2 Å². The highest BCUT2D eigenvalue weighted by atomic mass is 35.5. The molecule has 1 aromatic heterocycles. The van der Waals surface area contributed by atoms with E-state index in [2.05, 4.69) is 15.3 Å². The number of hydrogen-bond acceptors (Lipinski definition) is 3. The summed E-state index contributed by atoms with van der Waals surface area (Å²) in [5.41, 5.74) is 0.549. The quantitative estimate of drug-likeness (QED) is 0.869. The molecule has 2 rings (SSSR count). The predicted molar refractivity (Wildman–Crippen MR) is 85.5 cm³/mol. The van der Waals surface area contributed by atoms with E-state index in [1.807, 2.05) is 13.8 Å². The summed E-state index contributed by atoms with van der Waals surface area (Å²) in [6, 6.07) is 4.78. The Morgan fingerprint density at radius 2 is 1.90 bits per heavy atom. The van der Waals surface area contributed by atoms with E-state index >= 15 is 0 Å². The molecule has 1 N–H and O–H groups in total. The Labute approximate surface area is 137 Å². The zero-order chi connectivity index (χ0) is 15.6. The smallest absolute Gasteiger partial charge is 0.275 e. The molecule has 0 saturated carbocycles. The molecule has 0 bridgehead atoms. The van der Waals surface area contributed by atoms with Crippen LogP contribution in [0, 0.1) is 0 Å². The second kappa shape index (κ2) is 6.60. The molecule has 0 aliphatic heterocycles. The first-order valence-corrected chi connectivity index (χ1v) is 7.30. The van der Waals surface area contributed by atoms with Gasteiger partial charge in [0.15, 0.2) is 5.69 Å². The van der Waals surface area contributed by atoms with Crippen LogP contribution in [0.5, 0.6) is 0 Å². The van der Waals surface area contributed by atoms with Crippen LogP contribution in [0.3, 0.4) is 0 Å². The first-order valence-electron chi connectivity index (χ1n) is 6.17. The fourth-order valence-corrected chi connectivity index (χ4v) is 2.22. The van der Waals surface area contributed by atoms with Crippen LogP contribution in [0.25, 0.3) is 0 Å². The highest BCUT2D eigenvalue weighted by Crippen LogP contribution is 2.26. The lowest BCUT2D eigenvalue weighted by Gasteiger charge is -2.10. The van der Waals surface area contributed by atoms with Gasteiger partial charge in [0.2, 0.25) is 0 Å². The predicted octanol–water partition coefficient (Wildman–Crippen LogP) is 4.81. The van der Waals surface area contributed by atoms with Gasteiger partial charge in [-0.1, -0.05) is 48.7 Å². The van der Waals surface area contributed by atoms with Gasteiger partial charge in [0.1, 0.15) is 5.82 Å². The molecule has 2 aromatic rings. The molecule has 1 heterocycles. The van der Waals surface area contributed by atoms with Gasteiger partial charge < -0.3 is 5.32 Å². The standard InChI is InChI=1S/C14H12Cl3N3O/c1-7(2)13-18-6-10(17)12(20-13)14(21)19-11-4-3-8(15)5-9(11)16/h3-7H,1-2H3,(H,19,21). The van der Waals surface area contributed by atoms with Crippen LogP contribution in [0.4, 0.5) is 5.69 Å². The molecular formula is C14H12Cl3N3O. The summed E-state index contributed by atoms with van der Waals surface area (Å²) in [5.74, 6) is 0.188. The maximum atomic E-state index is 12.3. The summed E-state index contributed by atoms with van der Waals surface area (Å²) in [6.07, 6.45) is 1.42. The third-order valence-corrected chi connectivity index (χ3v) is 3.50. The summed E-state index contributed by atoms with van der Waals surface area (Å²) in [6.45, 7) is 3.86. The van der Waals surface area contributed by atoms with Gasteiger partial charge in [0.05, 0.1) is 21.9 Å². The lowest BCUT2D eigenvalue weighted by atomic mass is 10.2. The summed E-state index contributed by atoms with van der Waals surface area (Å²) >= 11 is 17.8. The van der Waals surface area contributed by atoms with Crippen molar-refractivity contribution >= 4 is 46.4 Å². The monoisotopic (exact) mass is 343 g/mol. The second-order valence-electron chi connectivity index (χ2n) is 4.66. The van der Waals surface area contributed by atoms with Crippen molar-refractivity contribution in [2.75, 3.05) is 5.32 Å². The van der Waals surface area contributed by atoms with Gasteiger partial charge in [0.25, 0.3) is 5.91 Å². The number of benzene rings is 1. The van der Waals surface area contributed by atoms with Crippen LogP contribution in [0.1, 0.15) is 36.1 Å². The van der Waals surface area contributed by atoms with Gasteiger partial charge in [-0.3, -0.25) is 4.79 Å². The average molecular weight is 345 g/mol. The number of hydrogen-bond donors (Lipinski definition) is 1. The number of halogens is 3. The highest BCUT2D eigenvalue weighted by Gasteiger charge is 2.16. The number of carbonyl (C=O) groups excluding carboxylic acids is 1. The van der Waals surface area contributed by atoms with Crippen LogP contribution < -0.4 is 5.32 Å². The number of nitrogens with one attached hydrogen (secondary N) is 1. The fraction of sp³-hybridized carbons (Fsp3) is 0.214. The molecule has 0 aliphatic rings. The molecule has 0 spiro atoms. The summed E-state index contributed by atoms with van der Waals surface area (Å²) < 4.78 is 0. The number of amides is 1. The Kier molecular flexibility index (Phi) is 5.04. The molecule has 0 saturated heterocycles. The van der Waals surface area contributed by atoms with E-state index in [1.165, 1.54) is 6.20 Å². The van der Waals surface area contributed by atoms with Crippen molar-refractivity contribution in [3.8, 4) is 0 Å². The SMILES string of the molecule is CC(C)c1ncc(Cl)c(C(=O)Nc2ccc(Cl)cc2Cl)n1. The van der Waals surface area contributed by atoms with Gasteiger partial charge in [-0.05, 0) is 18.2 Å². The molecule has 110 valence electrons. The number of anilines is 1. The summed E-state index contributed by atoms with van der Waals surface area (Å²) in [5, 5.41) is 3.66. The average Bonchev–Trinajstić information content (AvgIpc) is 2.42. The van der Waals surface area contributed by atoms with Crippen molar-refractivity contribution in [3.05, 3.63) is 51.0 Å².